The number of H-pyrrole nitrogens is 1. The number of hydrogen-bond donors (Lipinski definition) is 1. The predicted molar refractivity (Wildman–Crippen MR) is 53.2 cm³/mol. The molecule has 76 valence electrons. The number of carbonyl (C=O) groups is 1. The average molecular weight is 203 g/mol. The molecule has 0 aliphatic carbocycles. The molecule has 0 saturated heterocycles. The molecular weight excluding hydrogens is 194 g/mol. The van der Waals surface area contributed by atoms with E-state index in [0.29, 0.717) is 17.0 Å². The smallest absolute Gasteiger partial charge is 0.341 e. The van der Waals surface area contributed by atoms with E-state index < -0.39 is 5.97 Å². The van der Waals surface area contributed by atoms with Crippen molar-refractivity contribution in [1.82, 2.24) is 15.2 Å². The van der Waals surface area contributed by atoms with Crippen LogP contribution in [0.2, 0.25) is 0 Å². The molecule has 0 bridgehead atoms. The summed E-state index contributed by atoms with van der Waals surface area (Å²) in [6.07, 6.45) is 3.08. The standard InChI is InChI=1S/C10H9N3O2/c1-15-10(14)7-6-12-13-9(7)8-4-2-3-5-11-8/h2-6H,1H3,(H,12,13). The van der Waals surface area contributed by atoms with Crippen molar-refractivity contribution in [2.24, 2.45) is 0 Å². The number of carbonyl (C=O) groups excluding carboxylic acids is 1. The molecule has 2 rings (SSSR count). The third-order valence-electron chi connectivity index (χ3n) is 1.97. The minimum atomic E-state index is -0.426. The van der Waals surface area contributed by atoms with Crippen LogP contribution in [0.4, 0.5) is 0 Å². The number of rotatable bonds is 2. The van der Waals surface area contributed by atoms with Crippen LogP contribution in [0.25, 0.3) is 11.4 Å². The quantitative estimate of drug-likeness (QED) is 0.746. The third-order valence-corrected chi connectivity index (χ3v) is 1.97. The lowest BCUT2D eigenvalue weighted by Crippen LogP contribution is -2.01. The zero-order valence-electron chi connectivity index (χ0n) is 8.10. The topological polar surface area (TPSA) is 67.9 Å². The fourth-order valence-electron chi connectivity index (χ4n) is 1.26. The van der Waals surface area contributed by atoms with Gasteiger partial charge in [-0.25, -0.2) is 4.79 Å². The Kier molecular flexibility index (Phi) is 2.45. The largest absolute Gasteiger partial charge is 0.465 e. The summed E-state index contributed by atoms with van der Waals surface area (Å²) in [6, 6.07) is 5.43. The molecule has 5 nitrogen and oxygen atoms in total. The Bertz CT molecular complexity index is 465. The summed E-state index contributed by atoms with van der Waals surface area (Å²) in [5.74, 6) is -0.426. The fraction of sp³-hybridized carbons (Fsp3) is 0.100. The highest BCUT2D eigenvalue weighted by atomic mass is 16.5. The lowest BCUT2D eigenvalue weighted by molar-refractivity contribution is 0.0601. The first-order chi connectivity index (χ1) is 7.33. The number of hydrogen-bond acceptors (Lipinski definition) is 4. The predicted octanol–water partition coefficient (Wildman–Crippen LogP) is 1.26. The Morgan fingerprint density at radius 1 is 1.47 bits per heavy atom. The van der Waals surface area contributed by atoms with E-state index in [4.69, 9.17) is 0 Å². The van der Waals surface area contributed by atoms with Crippen molar-refractivity contribution in [1.29, 1.82) is 0 Å². The van der Waals surface area contributed by atoms with Crippen LogP contribution in [-0.2, 0) is 4.74 Å². The SMILES string of the molecule is COC(=O)c1cn[nH]c1-c1ccccn1. The van der Waals surface area contributed by atoms with E-state index >= 15 is 0 Å². The first kappa shape index (κ1) is 9.39. The van der Waals surface area contributed by atoms with Gasteiger partial charge in [0.05, 0.1) is 24.7 Å². The van der Waals surface area contributed by atoms with Crippen molar-refractivity contribution in [2.45, 2.75) is 0 Å². The molecule has 2 heterocycles. The number of ether oxygens (including phenoxy) is 1. The number of aromatic nitrogens is 3. The maximum atomic E-state index is 11.4. The van der Waals surface area contributed by atoms with Gasteiger partial charge < -0.3 is 4.74 Å². The molecule has 0 aliphatic heterocycles. The Labute approximate surface area is 86.1 Å². The molecule has 0 aromatic carbocycles. The minimum absolute atomic E-state index is 0.385. The Morgan fingerprint density at radius 2 is 2.33 bits per heavy atom. The maximum absolute atomic E-state index is 11.4. The summed E-state index contributed by atoms with van der Waals surface area (Å²) < 4.78 is 4.63. The second kappa shape index (κ2) is 3.91. The average Bonchev–Trinajstić information content (AvgIpc) is 2.78. The van der Waals surface area contributed by atoms with E-state index in [9.17, 15) is 4.79 Å². The van der Waals surface area contributed by atoms with Crippen molar-refractivity contribution in [3.8, 4) is 11.4 Å². The second-order valence-corrected chi connectivity index (χ2v) is 2.87. The minimum Gasteiger partial charge on any atom is -0.465 e. The first-order valence-electron chi connectivity index (χ1n) is 4.36. The van der Waals surface area contributed by atoms with Crippen LogP contribution in [0.3, 0.4) is 0 Å². The van der Waals surface area contributed by atoms with Crippen LogP contribution < -0.4 is 0 Å². The van der Waals surface area contributed by atoms with E-state index in [1.807, 2.05) is 6.07 Å². The molecule has 0 aliphatic rings. The zero-order chi connectivity index (χ0) is 10.7. The number of pyridine rings is 1. The molecule has 0 spiro atoms. The van der Waals surface area contributed by atoms with Gasteiger partial charge >= 0.3 is 5.97 Å². The van der Waals surface area contributed by atoms with Gasteiger partial charge in [-0.1, -0.05) is 6.07 Å². The van der Waals surface area contributed by atoms with Gasteiger partial charge in [-0.15, -0.1) is 0 Å². The van der Waals surface area contributed by atoms with Gasteiger partial charge in [0, 0.05) is 6.20 Å². The van der Waals surface area contributed by atoms with Crippen molar-refractivity contribution in [3.63, 3.8) is 0 Å². The normalized spacial score (nSPS) is 9.93. The Morgan fingerprint density at radius 3 is 3.00 bits per heavy atom. The summed E-state index contributed by atoms with van der Waals surface area (Å²) in [7, 11) is 1.33. The van der Waals surface area contributed by atoms with Gasteiger partial charge in [0.15, 0.2) is 0 Å². The molecule has 1 N–H and O–H groups in total. The van der Waals surface area contributed by atoms with E-state index in [2.05, 4.69) is 19.9 Å². The molecule has 0 saturated carbocycles. The fourth-order valence-corrected chi connectivity index (χ4v) is 1.26. The van der Waals surface area contributed by atoms with Gasteiger partial charge in [-0.2, -0.15) is 5.10 Å². The van der Waals surface area contributed by atoms with Gasteiger partial charge in [0.1, 0.15) is 5.56 Å². The molecule has 15 heavy (non-hydrogen) atoms. The van der Waals surface area contributed by atoms with Gasteiger partial charge in [0.25, 0.3) is 0 Å². The number of esters is 1. The second-order valence-electron chi connectivity index (χ2n) is 2.87. The van der Waals surface area contributed by atoms with E-state index in [1.54, 1.807) is 18.3 Å². The first-order valence-corrected chi connectivity index (χ1v) is 4.36. The summed E-state index contributed by atoms with van der Waals surface area (Å²) in [6.45, 7) is 0. The van der Waals surface area contributed by atoms with Crippen molar-refractivity contribution in [2.75, 3.05) is 7.11 Å². The monoisotopic (exact) mass is 203 g/mol. The lowest BCUT2D eigenvalue weighted by atomic mass is 10.2. The van der Waals surface area contributed by atoms with E-state index in [0.717, 1.165) is 0 Å². The molecule has 0 amide bonds. The van der Waals surface area contributed by atoms with Crippen LogP contribution in [0, 0.1) is 0 Å². The van der Waals surface area contributed by atoms with Crippen molar-refractivity contribution < 1.29 is 9.53 Å². The number of nitrogens with zero attached hydrogens (tertiary/aromatic N) is 2. The Balaban J connectivity index is 2.46. The lowest BCUT2D eigenvalue weighted by Gasteiger charge is -1.99. The summed E-state index contributed by atoms with van der Waals surface area (Å²) in [5, 5.41) is 6.53. The summed E-state index contributed by atoms with van der Waals surface area (Å²) in [5.41, 5.74) is 1.62. The van der Waals surface area contributed by atoms with E-state index in [1.165, 1.54) is 13.3 Å². The Hall–Kier alpha value is -2.17. The molecule has 0 unspecified atom stereocenters. The molecular formula is C10H9N3O2. The number of aromatic amines is 1. The van der Waals surface area contributed by atoms with Crippen molar-refractivity contribution in [3.05, 3.63) is 36.2 Å². The molecule has 0 radical (unpaired) electrons. The van der Waals surface area contributed by atoms with Crippen LogP contribution in [0.1, 0.15) is 10.4 Å². The van der Waals surface area contributed by atoms with Crippen LogP contribution in [-0.4, -0.2) is 28.3 Å². The molecule has 0 fully saturated rings. The molecule has 5 heteroatoms. The molecule has 2 aromatic heterocycles. The van der Waals surface area contributed by atoms with Crippen LogP contribution in [0.5, 0.6) is 0 Å². The van der Waals surface area contributed by atoms with Gasteiger partial charge in [-0.05, 0) is 12.1 Å². The van der Waals surface area contributed by atoms with Crippen LogP contribution in [0.15, 0.2) is 30.6 Å². The number of nitrogens with one attached hydrogen (secondary N) is 1. The summed E-state index contributed by atoms with van der Waals surface area (Å²) in [4.78, 5) is 15.5. The third kappa shape index (κ3) is 1.71. The molecule has 0 atom stereocenters. The highest BCUT2D eigenvalue weighted by molar-refractivity contribution is 5.95. The van der Waals surface area contributed by atoms with Crippen molar-refractivity contribution >= 4 is 5.97 Å². The van der Waals surface area contributed by atoms with Crippen LogP contribution >= 0.6 is 0 Å². The molecule has 2 aromatic rings. The maximum Gasteiger partial charge on any atom is 0.341 e. The highest BCUT2D eigenvalue weighted by Gasteiger charge is 2.15. The highest BCUT2D eigenvalue weighted by Crippen LogP contribution is 2.18. The number of methoxy groups -OCH3 is 1. The van der Waals surface area contributed by atoms with Gasteiger partial charge in [-0.3, -0.25) is 10.1 Å². The summed E-state index contributed by atoms with van der Waals surface area (Å²) >= 11 is 0. The van der Waals surface area contributed by atoms with E-state index in [-0.39, 0.29) is 0 Å². The van der Waals surface area contributed by atoms with Gasteiger partial charge in [0.2, 0.25) is 0 Å². The zero-order valence-corrected chi connectivity index (χ0v) is 8.10.